The summed E-state index contributed by atoms with van der Waals surface area (Å²) in [7, 11) is 0. The van der Waals surface area contributed by atoms with Crippen molar-refractivity contribution < 1.29 is 0 Å². The van der Waals surface area contributed by atoms with E-state index in [1.54, 1.807) is 11.1 Å². The van der Waals surface area contributed by atoms with Crippen LogP contribution in [0.5, 0.6) is 0 Å². The summed E-state index contributed by atoms with van der Waals surface area (Å²) < 4.78 is 0. The van der Waals surface area contributed by atoms with Crippen molar-refractivity contribution in [2.75, 3.05) is 0 Å². The van der Waals surface area contributed by atoms with Gasteiger partial charge in [-0.15, -0.1) is 0 Å². The van der Waals surface area contributed by atoms with Gasteiger partial charge in [-0.25, -0.2) is 0 Å². The molecule has 0 aliphatic carbocycles. The van der Waals surface area contributed by atoms with Gasteiger partial charge < -0.3 is 0 Å². The maximum Gasteiger partial charge on any atom is -0.00962 e. The van der Waals surface area contributed by atoms with Gasteiger partial charge in [-0.3, -0.25) is 0 Å². The first kappa shape index (κ1) is 21.0. The second-order valence-electron chi connectivity index (χ2n) is 9.00. The Kier molecular flexibility index (Phi) is 6.23. The summed E-state index contributed by atoms with van der Waals surface area (Å²) in [4.78, 5) is 0. The van der Waals surface area contributed by atoms with Gasteiger partial charge in [0.15, 0.2) is 0 Å². The Morgan fingerprint density at radius 2 is 0.632 bits per heavy atom. The summed E-state index contributed by atoms with van der Waals surface area (Å²) in [5.74, 6) is 0. The third-order valence-corrected chi connectivity index (χ3v) is 6.19. The van der Waals surface area contributed by atoms with Crippen LogP contribution in [0, 0.1) is 21.7 Å². The van der Waals surface area contributed by atoms with E-state index in [1.807, 2.05) is 0 Å². The fraction of sp³-hybridized carbons (Fsp3) is 0.895. The second-order valence-corrected chi connectivity index (χ2v) is 9.00. The van der Waals surface area contributed by atoms with Crippen LogP contribution >= 0.6 is 0 Å². The molecule has 0 N–H and O–H groups in total. The van der Waals surface area contributed by atoms with E-state index in [1.165, 1.54) is 0 Å². The predicted octanol–water partition coefficient (Wildman–Crippen LogP) is 7.10. The van der Waals surface area contributed by atoms with Crippen LogP contribution in [0.25, 0.3) is 0 Å². The molecule has 0 spiro atoms. The van der Waals surface area contributed by atoms with Crippen molar-refractivity contribution >= 4 is 0 Å². The van der Waals surface area contributed by atoms with Crippen LogP contribution in [0.4, 0.5) is 0 Å². The smallest absolute Gasteiger partial charge is 0.00962 e. The lowest BCUT2D eigenvalue weighted by atomic mass is 9.59. The van der Waals surface area contributed by atoms with Gasteiger partial charge in [0.2, 0.25) is 0 Å². The van der Waals surface area contributed by atoms with Gasteiger partial charge in [-0.05, 0) is 35.5 Å². The zero-order chi connectivity index (χ0) is 15.2. The normalized spacial score (nSPS) is 15.8. The lowest BCUT2D eigenvalue weighted by molar-refractivity contribution is 0.149. The van der Waals surface area contributed by atoms with Crippen molar-refractivity contribution in [2.45, 2.75) is 90.5 Å². The summed E-state index contributed by atoms with van der Waals surface area (Å²) in [6.07, 6.45) is 0. The minimum absolute atomic E-state index is 0. The zero-order valence-electron chi connectivity index (χ0n) is 15.0. The van der Waals surface area contributed by atoms with E-state index in [9.17, 15) is 0 Å². The molecule has 0 atom stereocenters. The highest BCUT2D eigenvalue weighted by Gasteiger charge is 2.40. The molecule has 0 saturated carbocycles. The maximum atomic E-state index is 2.38. The minimum Gasteiger partial charge on any atom is -0.0776 e. The summed E-state index contributed by atoms with van der Waals surface area (Å²) in [5.41, 5.74) is 4.11. The molecule has 116 valence electrons. The monoisotopic (exact) mass is 268 g/mol. The minimum atomic E-state index is 0. The molecule has 0 aromatic carbocycles. The van der Waals surface area contributed by atoms with Crippen LogP contribution < -0.4 is 0 Å². The van der Waals surface area contributed by atoms with Crippen molar-refractivity contribution in [1.29, 1.82) is 0 Å². The first-order valence-electron chi connectivity index (χ1n) is 7.25. The predicted molar refractivity (Wildman–Crippen MR) is 91.6 cm³/mol. The van der Waals surface area contributed by atoms with Crippen LogP contribution in [0.3, 0.4) is 0 Å². The Morgan fingerprint density at radius 1 is 0.474 bits per heavy atom. The van der Waals surface area contributed by atoms with Crippen LogP contribution in [-0.2, 0) is 0 Å². The summed E-state index contributed by atoms with van der Waals surface area (Å²) in [6, 6.07) is 0. The molecule has 0 rings (SSSR count). The molecule has 0 heterocycles. The molecular weight excluding hydrogens is 228 g/mol. The molecule has 0 aromatic heterocycles. The van der Waals surface area contributed by atoms with E-state index in [0.717, 1.165) is 0 Å². The van der Waals surface area contributed by atoms with Crippen molar-refractivity contribution in [1.82, 2.24) is 0 Å². The highest BCUT2D eigenvalue weighted by atomic mass is 14.4. The molecule has 0 saturated heterocycles. The van der Waals surface area contributed by atoms with Crippen molar-refractivity contribution in [3.63, 3.8) is 0 Å². The van der Waals surface area contributed by atoms with Crippen LogP contribution in [0.1, 0.15) is 90.5 Å². The Bertz CT molecular complexity index is 290. The fourth-order valence-corrected chi connectivity index (χ4v) is 2.06. The van der Waals surface area contributed by atoms with Crippen LogP contribution in [0.15, 0.2) is 11.1 Å². The lowest BCUT2D eigenvalue weighted by Gasteiger charge is -2.46. The SMILES string of the molecule is C.CC(=C(C)C(C)(C)C(C)(C)C)C(C)(C)C(C)(C)C. The average Bonchev–Trinajstić information content (AvgIpc) is 2.11. The highest BCUT2D eigenvalue weighted by molar-refractivity contribution is 5.26. The van der Waals surface area contributed by atoms with Crippen LogP contribution in [-0.4, -0.2) is 0 Å². The molecule has 0 amide bonds. The molecule has 0 radical (unpaired) electrons. The molecule has 0 nitrogen and oxygen atoms in total. The third-order valence-electron chi connectivity index (χ3n) is 6.19. The lowest BCUT2D eigenvalue weighted by Crippen LogP contribution is -2.36. The molecule has 0 heteroatoms. The van der Waals surface area contributed by atoms with E-state index in [-0.39, 0.29) is 29.1 Å². The fourth-order valence-electron chi connectivity index (χ4n) is 2.06. The van der Waals surface area contributed by atoms with Gasteiger partial charge in [-0.2, -0.15) is 0 Å². The van der Waals surface area contributed by atoms with E-state index in [2.05, 4.69) is 83.1 Å². The van der Waals surface area contributed by atoms with Gasteiger partial charge in [0, 0.05) is 0 Å². The highest BCUT2D eigenvalue weighted by Crippen LogP contribution is 2.51. The molecule has 0 fully saturated rings. The molecule has 0 bridgehead atoms. The van der Waals surface area contributed by atoms with Gasteiger partial charge in [0.05, 0.1) is 0 Å². The third kappa shape index (κ3) is 3.86. The Balaban J connectivity index is 0. The molecule has 0 unspecified atom stereocenters. The number of hydrogen-bond acceptors (Lipinski definition) is 0. The molecule has 0 aliphatic heterocycles. The summed E-state index contributed by atoms with van der Waals surface area (Å²) >= 11 is 0. The van der Waals surface area contributed by atoms with E-state index in [0.29, 0.717) is 0 Å². The summed E-state index contributed by atoms with van der Waals surface area (Å²) in [5, 5.41) is 0. The summed E-state index contributed by atoms with van der Waals surface area (Å²) in [6.45, 7) is 28.2. The molecule has 0 aromatic rings. The first-order chi connectivity index (χ1) is 7.57. The first-order valence-corrected chi connectivity index (χ1v) is 7.25. The largest absolute Gasteiger partial charge is 0.0776 e. The molecular formula is C19H40. The number of rotatable bonds is 2. The van der Waals surface area contributed by atoms with Gasteiger partial charge in [0.25, 0.3) is 0 Å². The average molecular weight is 269 g/mol. The maximum absolute atomic E-state index is 2.38. The quantitative estimate of drug-likeness (QED) is 0.468. The van der Waals surface area contributed by atoms with Crippen molar-refractivity contribution in [3.05, 3.63) is 11.1 Å². The van der Waals surface area contributed by atoms with Crippen molar-refractivity contribution in [3.8, 4) is 0 Å². The van der Waals surface area contributed by atoms with Gasteiger partial charge >= 0.3 is 0 Å². The Hall–Kier alpha value is -0.260. The number of hydrogen-bond donors (Lipinski definition) is 0. The standard InChI is InChI=1S/C18H36.CH4/c1-13(17(9,10)15(3,4)5)14(2)18(11,12)16(6,7)8;/h1-12H3;1H4. The Labute approximate surface area is 124 Å². The van der Waals surface area contributed by atoms with E-state index < -0.39 is 0 Å². The van der Waals surface area contributed by atoms with Crippen LogP contribution in [0.2, 0.25) is 0 Å². The topological polar surface area (TPSA) is 0 Å². The number of allylic oxidation sites excluding steroid dienone is 2. The van der Waals surface area contributed by atoms with E-state index >= 15 is 0 Å². The van der Waals surface area contributed by atoms with Gasteiger partial charge in [-0.1, -0.05) is 87.8 Å². The molecule has 0 aliphatic rings. The molecule has 19 heavy (non-hydrogen) atoms. The van der Waals surface area contributed by atoms with Crippen molar-refractivity contribution in [2.24, 2.45) is 21.7 Å². The van der Waals surface area contributed by atoms with E-state index in [4.69, 9.17) is 0 Å². The second kappa shape index (κ2) is 5.62. The Morgan fingerprint density at radius 3 is 0.737 bits per heavy atom. The zero-order valence-corrected chi connectivity index (χ0v) is 15.0. The van der Waals surface area contributed by atoms with Gasteiger partial charge in [0.1, 0.15) is 0 Å².